The number of carbonyl (C=O) groups excluding carboxylic acids is 1. The molecule has 1 amide bonds. The van der Waals surface area contributed by atoms with Crippen molar-refractivity contribution in [3.05, 3.63) is 59.6 Å². The Hall–Kier alpha value is -2.53. The maximum atomic E-state index is 11.7. The van der Waals surface area contributed by atoms with Gasteiger partial charge < -0.3 is 19.6 Å². The van der Waals surface area contributed by atoms with Crippen molar-refractivity contribution in [3.8, 4) is 5.75 Å². The second-order valence-electron chi connectivity index (χ2n) is 5.12. The van der Waals surface area contributed by atoms with Crippen LogP contribution in [0.3, 0.4) is 0 Å². The van der Waals surface area contributed by atoms with E-state index in [4.69, 9.17) is 9.15 Å². The number of aliphatic hydroxyl groups excluding tert-OH is 1. The Labute approximate surface area is 128 Å². The molecule has 1 aromatic heterocycles. The van der Waals surface area contributed by atoms with Gasteiger partial charge in [0, 0.05) is 24.6 Å². The molecule has 3 rings (SSSR count). The smallest absolute Gasteiger partial charge is 0.244 e. The second-order valence-corrected chi connectivity index (χ2v) is 5.12. The molecule has 1 aliphatic heterocycles. The summed E-state index contributed by atoms with van der Waals surface area (Å²) in [6.45, 7) is 0.846. The highest BCUT2D eigenvalue weighted by Crippen LogP contribution is 2.27. The van der Waals surface area contributed by atoms with Gasteiger partial charge in [-0.2, -0.15) is 0 Å². The Balaban J connectivity index is 1.53. The van der Waals surface area contributed by atoms with Crippen LogP contribution >= 0.6 is 0 Å². The van der Waals surface area contributed by atoms with Gasteiger partial charge in [-0.05, 0) is 35.4 Å². The third kappa shape index (κ3) is 3.38. The monoisotopic (exact) mass is 299 g/mol. The summed E-state index contributed by atoms with van der Waals surface area (Å²) in [7, 11) is 0. The minimum absolute atomic E-state index is 0.161. The Morgan fingerprint density at radius 2 is 2.32 bits per heavy atom. The van der Waals surface area contributed by atoms with Gasteiger partial charge in [0.15, 0.2) is 0 Å². The van der Waals surface area contributed by atoms with Crippen molar-refractivity contribution < 1.29 is 19.1 Å². The first-order valence-corrected chi connectivity index (χ1v) is 7.14. The van der Waals surface area contributed by atoms with Gasteiger partial charge >= 0.3 is 0 Å². The molecule has 1 aliphatic rings. The Bertz CT molecular complexity index is 676. The minimum Gasteiger partial charge on any atom is -0.493 e. The number of hydrogen-bond acceptors (Lipinski definition) is 4. The first-order chi connectivity index (χ1) is 10.7. The number of fused-ring (bicyclic) bond motifs is 1. The lowest BCUT2D eigenvalue weighted by molar-refractivity contribution is -0.116. The summed E-state index contributed by atoms with van der Waals surface area (Å²) in [6.07, 6.45) is 6.27. The van der Waals surface area contributed by atoms with Crippen LogP contribution in [-0.4, -0.2) is 24.2 Å². The van der Waals surface area contributed by atoms with E-state index in [2.05, 4.69) is 5.32 Å². The number of hydrogen-bond donors (Lipinski definition) is 2. The van der Waals surface area contributed by atoms with Gasteiger partial charge in [0.25, 0.3) is 0 Å². The molecule has 0 unspecified atom stereocenters. The maximum Gasteiger partial charge on any atom is 0.244 e. The molecule has 2 N–H and O–H groups in total. The fraction of sp³-hybridized carbons (Fsp3) is 0.235. The molecule has 2 aromatic rings. The van der Waals surface area contributed by atoms with E-state index < -0.39 is 6.10 Å². The van der Waals surface area contributed by atoms with Crippen molar-refractivity contribution >= 4 is 12.0 Å². The van der Waals surface area contributed by atoms with Crippen molar-refractivity contribution in [1.82, 2.24) is 5.32 Å². The highest BCUT2D eigenvalue weighted by atomic mass is 16.5. The maximum absolute atomic E-state index is 11.7. The summed E-state index contributed by atoms with van der Waals surface area (Å²) in [6, 6.07) is 7.37. The molecule has 1 aromatic carbocycles. The highest BCUT2D eigenvalue weighted by molar-refractivity contribution is 5.91. The van der Waals surface area contributed by atoms with Gasteiger partial charge in [-0.1, -0.05) is 6.07 Å². The largest absolute Gasteiger partial charge is 0.493 e. The van der Waals surface area contributed by atoms with E-state index in [9.17, 15) is 9.90 Å². The molecule has 5 heteroatoms. The molecule has 0 spiro atoms. The summed E-state index contributed by atoms with van der Waals surface area (Å²) in [5.41, 5.74) is 2.69. The van der Waals surface area contributed by atoms with E-state index in [1.807, 2.05) is 18.2 Å². The van der Waals surface area contributed by atoms with E-state index in [1.165, 1.54) is 6.08 Å². The van der Waals surface area contributed by atoms with Crippen molar-refractivity contribution in [2.75, 3.05) is 13.2 Å². The normalized spacial score (nSPS) is 14.6. The van der Waals surface area contributed by atoms with Crippen LogP contribution in [0.15, 0.2) is 47.3 Å². The number of rotatable bonds is 5. The zero-order valence-electron chi connectivity index (χ0n) is 12.0. The minimum atomic E-state index is -0.739. The number of aliphatic hydroxyl groups is 1. The summed E-state index contributed by atoms with van der Waals surface area (Å²) in [5, 5.41) is 12.8. The lowest BCUT2D eigenvalue weighted by Gasteiger charge is -2.12. The molecule has 0 fully saturated rings. The third-order valence-electron chi connectivity index (χ3n) is 3.54. The molecule has 1 atom stereocenters. The van der Waals surface area contributed by atoms with Gasteiger partial charge in [-0.3, -0.25) is 4.79 Å². The lowest BCUT2D eigenvalue weighted by atomic mass is 10.0. The average Bonchev–Trinajstić information content (AvgIpc) is 3.20. The molecule has 2 heterocycles. The molecule has 0 aliphatic carbocycles. The Kier molecular flexibility index (Phi) is 4.25. The fourth-order valence-electron chi connectivity index (χ4n) is 2.33. The van der Waals surface area contributed by atoms with Crippen LogP contribution in [0.2, 0.25) is 0 Å². The summed E-state index contributed by atoms with van der Waals surface area (Å²) in [4.78, 5) is 11.7. The van der Waals surface area contributed by atoms with Crippen LogP contribution < -0.4 is 10.1 Å². The molecular weight excluding hydrogens is 282 g/mol. The molecular formula is C17H17NO4. The van der Waals surface area contributed by atoms with Gasteiger partial charge in [-0.25, -0.2) is 0 Å². The first-order valence-electron chi connectivity index (χ1n) is 7.14. The van der Waals surface area contributed by atoms with E-state index in [0.29, 0.717) is 6.61 Å². The van der Waals surface area contributed by atoms with Gasteiger partial charge in [-0.15, -0.1) is 0 Å². The van der Waals surface area contributed by atoms with Crippen molar-refractivity contribution in [2.45, 2.75) is 12.5 Å². The molecule has 0 radical (unpaired) electrons. The van der Waals surface area contributed by atoms with E-state index in [-0.39, 0.29) is 12.5 Å². The van der Waals surface area contributed by atoms with Crippen molar-refractivity contribution in [3.63, 3.8) is 0 Å². The molecule has 114 valence electrons. The molecule has 22 heavy (non-hydrogen) atoms. The molecule has 0 saturated carbocycles. The first kappa shape index (κ1) is 14.4. The van der Waals surface area contributed by atoms with Gasteiger partial charge in [0.05, 0.1) is 25.2 Å². The van der Waals surface area contributed by atoms with Gasteiger partial charge in [0.2, 0.25) is 5.91 Å². The van der Waals surface area contributed by atoms with E-state index >= 15 is 0 Å². The number of furan rings is 1. The molecule has 0 saturated heterocycles. The number of nitrogens with one attached hydrogen (secondary N) is 1. The van der Waals surface area contributed by atoms with Crippen LogP contribution in [0.1, 0.15) is 22.8 Å². The average molecular weight is 299 g/mol. The summed E-state index contributed by atoms with van der Waals surface area (Å²) in [5.74, 6) is 0.618. The van der Waals surface area contributed by atoms with E-state index in [1.54, 1.807) is 24.7 Å². The molecule has 0 bridgehead atoms. The number of carbonyl (C=O) groups is 1. The second kappa shape index (κ2) is 6.49. The predicted molar refractivity (Wildman–Crippen MR) is 81.4 cm³/mol. The van der Waals surface area contributed by atoms with Crippen LogP contribution in [0, 0.1) is 0 Å². The van der Waals surface area contributed by atoms with Crippen LogP contribution in [0.25, 0.3) is 6.08 Å². The van der Waals surface area contributed by atoms with E-state index in [0.717, 1.165) is 28.9 Å². The standard InChI is InChI=1S/C17H17NO4/c19-15(13-2-3-16-14(9-13)6-8-22-16)10-18-17(20)4-1-12-5-7-21-11-12/h1-5,7,9,11,15,19H,6,8,10H2,(H,18,20)/b4-1+/t15-/m0/s1. The Morgan fingerprint density at radius 1 is 1.41 bits per heavy atom. The fourth-order valence-corrected chi connectivity index (χ4v) is 2.33. The van der Waals surface area contributed by atoms with Crippen molar-refractivity contribution in [2.24, 2.45) is 0 Å². The zero-order chi connectivity index (χ0) is 15.4. The number of benzene rings is 1. The van der Waals surface area contributed by atoms with Crippen LogP contribution in [-0.2, 0) is 11.2 Å². The van der Waals surface area contributed by atoms with Crippen LogP contribution in [0.4, 0.5) is 0 Å². The highest BCUT2D eigenvalue weighted by Gasteiger charge is 2.15. The Morgan fingerprint density at radius 3 is 3.14 bits per heavy atom. The molecule has 5 nitrogen and oxygen atoms in total. The topological polar surface area (TPSA) is 71.7 Å². The SMILES string of the molecule is O=C(/C=C/c1ccoc1)NC[C@H](O)c1ccc2c(c1)CCO2. The summed E-state index contributed by atoms with van der Waals surface area (Å²) >= 11 is 0. The third-order valence-corrected chi connectivity index (χ3v) is 3.54. The van der Waals surface area contributed by atoms with Crippen molar-refractivity contribution in [1.29, 1.82) is 0 Å². The summed E-state index contributed by atoms with van der Waals surface area (Å²) < 4.78 is 10.3. The van der Waals surface area contributed by atoms with Gasteiger partial charge in [0.1, 0.15) is 5.75 Å². The number of amides is 1. The quantitative estimate of drug-likeness (QED) is 0.829. The predicted octanol–water partition coefficient (Wildman–Crippen LogP) is 2.08. The zero-order valence-corrected chi connectivity index (χ0v) is 12.0. The number of ether oxygens (including phenoxy) is 1. The lowest BCUT2D eigenvalue weighted by Crippen LogP contribution is -2.26. The van der Waals surface area contributed by atoms with Crippen LogP contribution in [0.5, 0.6) is 5.75 Å².